The van der Waals surface area contributed by atoms with Gasteiger partial charge in [0.05, 0.1) is 19.4 Å². The molecule has 0 aliphatic carbocycles. The average molecular weight is 286 g/mol. The number of likely N-dealkylation sites (N-methyl/N-ethyl adjacent to an activating group) is 1. The fraction of sp³-hybridized carbons (Fsp3) is 0.250. The molecule has 1 aromatic carbocycles. The van der Waals surface area contributed by atoms with Crippen LogP contribution >= 0.6 is 0 Å². The van der Waals surface area contributed by atoms with Gasteiger partial charge in [-0.2, -0.15) is 0 Å². The SMILES string of the molecule is CC(=O)c1ccc(NC(=O)CN(C)Cc2ccco2)cc1. The molecule has 1 aromatic heterocycles. The van der Waals surface area contributed by atoms with E-state index in [1.807, 2.05) is 24.1 Å². The van der Waals surface area contributed by atoms with E-state index in [0.717, 1.165) is 5.76 Å². The molecule has 0 atom stereocenters. The molecule has 5 heteroatoms. The minimum atomic E-state index is -0.111. The number of anilines is 1. The maximum absolute atomic E-state index is 11.9. The monoisotopic (exact) mass is 286 g/mol. The molecule has 1 amide bonds. The van der Waals surface area contributed by atoms with Crippen LogP contribution in [0.5, 0.6) is 0 Å². The number of nitrogens with one attached hydrogen (secondary N) is 1. The smallest absolute Gasteiger partial charge is 0.238 e. The van der Waals surface area contributed by atoms with Crippen molar-refractivity contribution < 1.29 is 14.0 Å². The van der Waals surface area contributed by atoms with Gasteiger partial charge in [0.25, 0.3) is 0 Å². The van der Waals surface area contributed by atoms with Gasteiger partial charge in [-0.1, -0.05) is 0 Å². The Morgan fingerprint density at radius 2 is 1.90 bits per heavy atom. The first-order valence-corrected chi connectivity index (χ1v) is 6.66. The predicted molar refractivity (Wildman–Crippen MR) is 80.1 cm³/mol. The predicted octanol–water partition coefficient (Wildman–Crippen LogP) is 2.55. The van der Waals surface area contributed by atoms with Crippen molar-refractivity contribution in [1.29, 1.82) is 0 Å². The van der Waals surface area contributed by atoms with Crippen molar-refractivity contribution in [3.8, 4) is 0 Å². The number of rotatable bonds is 6. The average Bonchev–Trinajstić information content (AvgIpc) is 2.91. The number of amides is 1. The van der Waals surface area contributed by atoms with E-state index < -0.39 is 0 Å². The molecule has 0 radical (unpaired) electrons. The minimum Gasteiger partial charge on any atom is -0.468 e. The topological polar surface area (TPSA) is 62.6 Å². The third-order valence-corrected chi connectivity index (χ3v) is 2.99. The van der Waals surface area contributed by atoms with Crippen LogP contribution in [0, 0.1) is 0 Å². The fourth-order valence-corrected chi connectivity index (χ4v) is 1.96. The lowest BCUT2D eigenvalue weighted by Gasteiger charge is -2.14. The zero-order valence-corrected chi connectivity index (χ0v) is 12.1. The molecule has 110 valence electrons. The number of carbonyl (C=O) groups excluding carboxylic acids is 2. The highest BCUT2D eigenvalue weighted by Gasteiger charge is 2.09. The summed E-state index contributed by atoms with van der Waals surface area (Å²) in [5.74, 6) is 0.710. The highest BCUT2D eigenvalue weighted by atomic mass is 16.3. The van der Waals surface area contributed by atoms with Gasteiger partial charge >= 0.3 is 0 Å². The Morgan fingerprint density at radius 3 is 2.48 bits per heavy atom. The molecular weight excluding hydrogens is 268 g/mol. The molecule has 0 unspecified atom stereocenters. The normalized spacial score (nSPS) is 10.6. The van der Waals surface area contributed by atoms with Crippen molar-refractivity contribution in [2.45, 2.75) is 13.5 Å². The van der Waals surface area contributed by atoms with Crippen molar-refractivity contribution in [1.82, 2.24) is 4.90 Å². The third-order valence-electron chi connectivity index (χ3n) is 2.99. The van der Waals surface area contributed by atoms with Gasteiger partial charge in [0.1, 0.15) is 5.76 Å². The molecule has 21 heavy (non-hydrogen) atoms. The van der Waals surface area contributed by atoms with Crippen LogP contribution < -0.4 is 5.32 Å². The summed E-state index contributed by atoms with van der Waals surface area (Å²) in [6, 6.07) is 10.5. The van der Waals surface area contributed by atoms with Gasteiger partial charge in [0.2, 0.25) is 5.91 Å². The van der Waals surface area contributed by atoms with Crippen LogP contribution in [0.1, 0.15) is 23.0 Å². The van der Waals surface area contributed by atoms with E-state index in [9.17, 15) is 9.59 Å². The maximum atomic E-state index is 11.9. The van der Waals surface area contributed by atoms with Gasteiger partial charge in [-0.3, -0.25) is 14.5 Å². The lowest BCUT2D eigenvalue weighted by Crippen LogP contribution is -2.29. The van der Waals surface area contributed by atoms with Crippen molar-refractivity contribution in [3.05, 3.63) is 54.0 Å². The van der Waals surface area contributed by atoms with Gasteiger partial charge in [0, 0.05) is 11.3 Å². The van der Waals surface area contributed by atoms with Crippen LogP contribution in [0.4, 0.5) is 5.69 Å². The van der Waals surface area contributed by atoms with E-state index in [1.165, 1.54) is 6.92 Å². The summed E-state index contributed by atoms with van der Waals surface area (Å²) in [7, 11) is 1.85. The number of Topliss-reactive ketones (excluding diaryl/α,β-unsaturated/α-hetero) is 1. The zero-order chi connectivity index (χ0) is 15.2. The van der Waals surface area contributed by atoms with E-state index in [0.29, 0.717) is 17.8 Å². The summed E-state index contributed by atoms with van der Waals surface area (Å²) in [6.07, 6.45) is 1.61. The summed E-state index contributed by atoms with van der Waals surface area (Å²) in [6.45, 7) is 2.34. The first-order chi connectivity index (χ1) is 10.0. The Balaban J connectivity index is 1.84. The first-order valence-electron chi connectivity index (χ1n) is 6.66. The van der Waals surface area contributed by atoms with Gasteiger partial charge in [-0.15, -0.1) is 0 Å². The molecule has 2 rings (SSSR count). The fourth-order valence-electron chi connectivity index (χ4n) is 1.96. The zero-order valence-electron chi connectivity index (χ0n) is 12.1. The van der Waals surface area contributed by atoms with Crippen LogP contribution in [0.3, 0.4) is 0 Å². The van der Waals surface area contributed by atoms with Gasteiger partial charge in [-0.05, 0) is 50.4 Å². The second kappa shape index (κ2) is 6.85. The highest BCUT2D eigenvalue weighted by Crippen LogP contribution is 2.10. The van der Waals surface area contributed by atoms with Crippen molar-refractivity contribution in [3.63, 3.8) is 0 Å². The minimum absolute atomic E-state index is 0.00561. The number of hydrogen-bond donors (Lipinski definition) is 1. The second-order valence-corrected chi connectivity index (χ2v) is 4.93. The summed E-state index contributed by atoms with van der Waals surface area (Å²) in [4.78, 5) is 25.0. The number of ketones is 1. The summed E-state index contributed by atoms with van der Waals surface area (Å²) >= 11 is 0. The molecule has 2 aromatic rings. The number of carbonyl (C=O) groups is 2. The number of benzene rings is 1. The van der Waals surface area contributed by atoms with Crippen molar-refractivity contribution >= 4 is 17.4 Å². The molecule has 1 N–H and O–H groups in total. The van der Waals surface area contributed by atoms with E-state index in [2.05, 4.69) is 5.32 Å². The van der Waals surface area contributed by atoms with Gasteiger partial charge in [-0.25, -0.2) is 0 Å². The molecule has 5 nitrogen and oxygen atoms in total. The summed E-state index contributed by atoms with van der Waals surface area (Å²) in [5, 5.41) is 2.80. The quantitative estimate of drug-likeness (QED) is 0.829. The Labute approximate surface area is 123 Å². The molecule has 0 spiro atoms. The lowest BCUT2D eigenvalue weighted by molar-refractivity contribution is -0.117. The number of furan rings is 1. The molecule has 0 saturated heterocycles. The Morgan fingerprint density at radius 1 is 1.19 bits per heavy atom. The summed E-state index contributed by atoms with van der Waals surface area (Å²) in [5.41, 5.74) is 1.30. The van der Waals surface area contributed by atoms with Crippen molar-refractivity contribution in [2.24, 2.45) is 0 Å². The van der Waals surface area contributed by atoms with Crippen LogP contribution in [-0.4, -0.2) is 30.2 Å². The van der Waals surface area contributed by atoms with E-state index in [-0.39, 0.29) is 18.2 Å². The molecule has 0 bridgehead atoms. The second-order valence-electron chi connectivity index (χ2n) is 4.93. The summed E-state index contributed by atoms with van der Waals surface area (Å²) < 4.78 is 5.23. The molecule has 0 saturated carbocycles. The van der Waals surface area contributed by atoms with E-state index >= 15 is 0 Å². The van der Waals surface area contributed by atoms with E-state index in [1.54, 1.807) is 30.5 Å². The number of hydrogen-bond acceptors (Lipinski definition) is 4. The Hall–Kier alpha value is -2.40. The Bertz CT molecular complexity index is 603. The third kappa shape index (κ3) is 4.57. The standard InChI is InChI=1S/C16H18N2O3/c1-12(19)13-5-7-14(8-6-13)17-16(20)11-18(2)10-15-4-3-9-21-15/h3-9H,10-11H2,1-2H3,(H,17,20). The van der Waals surface area contributed by atoms with E-state index in [4.69, 9.17) is 4.42 Å². The Kier molecular flexibility index (Phi) is 4.90. The van der Waals surface area contributed by atoms with Gasteiger partial charge in [0.15, 0.2) is 5.78 Å². The molecule has 0 fully saturated rings. The van der Waals surface area contributed by atoms with Crippen LogP contribution in [0.15, 0.2) is 47.1 Å². The molecule has 1 heterocycles. The maximum Gasteiger partial charge on any atom is 0.238 e. The largest absolute Gasteiger partial charge is 0.468 e. The van der Waals surface area contributed by atoms with Crippen LogP contribution in [0.25, 0.3) is 0 Å². The van der Waals surface area contributed by atoms with Crippen molar-refractivity contribution in [2.75, 3.05) is 18.9 Å². The highest BCUT2D eigenvalue weighted by molar-refractivity contribution is 5.96. The molecular formula is C16H18N2O3. The van der Waals surface area contributed by atoms with Crippen LogP contribution in [0.2, 0.25) is 0 Å². The number of nitrogens with zero attached hydrogens (tertiary/aromatic N) is 1. The first kappa shape index (κ1) is 15.0. The van der Waals surface area contributed by atoms with Gasteiger partial charge < -0.3 is 9.73 Å². The van der Waals surface area contributed by atoms with Crippen LogP contribution in [-0.2, 0) is 11.3 Å². The molecule has 0 aliphatic heterocycles. The lowest BCUT2D eigenvalue weighted by atomic mass is 10.1. The molecule has 0 aliphatic rings.